The van der Waals surface area contributed by atoms with E-state index in [-0.39, 0.29) is 21.7 Å². The molecule has 8 heteroatoms. The predicted octanol–water partition coefficient (Wildman–Crippen LogP) is 4.00. The third kappa shape index (κ3) is 3.11. The first-order valence-electron chi connectivity index (χ1n) is 7.06. The minimum atomic E-state index is -4.60. The Kier molecular flexibility index (Phi) is 4.05. The second kappa shape index (κ2) is 6.06. The molecule has 3 aromatic rings. The Hall–Kier alpha value is -3.13. The van der Waals surface area contributed by atoms with E-state index in [1.807, 2.05) is 0 Å². The summed E-state index contributed by atoms with van der Waals surface area (Å²) in [5, 5.41) is 20.3. The largest absolute Gasteiger partial charge is 0.506 e. The quantitative estimate of drug-likeness (QED) is 0.542. The van der Waals surface area contributed by atoms with Gasteiger partial charge >= 0.3 is 6.18 Å². The van der Waals surface area contributed by atoms with Crippen LogP contribution in [0.4, 0.5) is 18.9 Å². The normalized spacial score (nSPS) is 11.5. The highest BCUT2D eigenvalue weighted by molar-refractivity contribution is 6.09. The van der Waals surface area contributed by atoms with Crippen LogP contribution in [0.1, 0.15) is 15.9 Å². The van der Waals surface area contributed by atoms with Crippen molar-refractivity contribution in [3.63, 3.8) is 0 Å². The summed E-state index contributed by atoms with van der Waals surface area (Å²) >= 11 is 0. The number of nitrogens with zero attached hydrogens (tertiary/aromatic N) is 2. The number of para-hydroxylation sites is 1. The summed E-state index contributed by atoms with van der Waals surface area (Å²) in [6, 6.07) is 10.4. The Morgan fingerprint density at radius 2 is 1.76 bits per heavy atom. The van der Waals surface area contributed by atoms with E-state index in [0.717, 1.165) is 18.3 Å². The first-order chi connectivity index (χ1) is 11.8. The predicted molar refractivity (Wildman–Crippen MR) is 83.4 cm³/mol. The number of aromatic nitrogens is 1. The molecule has 0 fully saturated rings. The first kappa shape index (κ1) is 16.7. The van der Waals surface area contributed by atoms with Gasteiger partial charge in [-0.25, -0.2) is 0 Å². The van der Waals surface area contributed by atoms with E-state index in [1.54, 1.807) is 18.2 Å². The van der Waals surface area contributed by atoms with Gasteiger partial charge in [-0.05, 0) is 30.3 Å². The maximum atomic E-state index is 12.8. The zero-order valence-electron chi connectivity index (χ0n) is 12.5. The standard InChI is InChI=1S/C17H11F3N2O3/c18-17(19,20)10-6-7-14-12(8-10)15(23)13(9-21-14)16(24)22(25)11-4-2-1-3-5-11/h1-9,25H,(H,21,23). The molecule has 3 rings (SSSR count). The van der Waals surface area contributed by atoms with E-state index in [9.17, 15) is 28.3 Å². The van der Waals surface area contributed by atoms with E-state index >= 15 is 0 Å². The molecule has 25 heavy (non-hydrogen) atoms. The fourth-order valence-electron chi connectivity index (χ4n) is 2.31. The van der Waals surface area contributed by atoms with E-state index in [2.05, 4.69) is 4.98 Å². The lowest BCUT2D eigenvalue weighted by atomic mass is 10.1. The molecule has 0 saturated heterocycles. The fourth-order valence-corrected chi connectivity index (χ4v) is 2.31. The van der Waals surface area contributed by atoms with Crippen LogP contribution in [0.15, 0.2) is 54.7 Å². The SMILES string of the molecule is O=C(c1cnc2ccc(C(F)(F)F)cc2c1O)N(O)c1ccccc1. The number of carbonyl (C=O) groups excluding carboxylic acids is 1. The second-order valence-corrected chi connectivity index (χ2v) is 5.20. The Bertz CT molecular complexity index is 943. The summed E-state index contributed by atoms with van der Waals surface area (Å²) in [4.78, 5) is 16.2. The number of hydroxylamine groups is 1. The lowest BCUT2D eigenvalue weighted by molar-refractivity contribution is -0.137. The number of aromatic hydroxyl groups is 1. The summed E-state index contributed by atoms with van der Waals surface area (Å²) in [7, 11) is 0. The van der Waals surface area contributed by atoms with Crippen LogP contribution < -0.4 is 5.06 Å². The Morgan fingerprint density at radius 1 is 1.08 bits per heavy atom. The van der Waals surface area contributed by atoms with Crippen molar-refractivity contribution in [3.05, 3.63) is 65.9 Å². The molecular formula is C17H11F3N2O3. The van der Waals surface area contributed by atoms with Crippen LogP contribution in [0.25, 0.3) is 10.9 Å². The van der Waals surface area contributed by atoms with Crippen molar-refractivity contribution in [3.8, 4) is 5.75 Å². The monoisotopic (exact) mass is 348 g/mol. The van der Waals surface area contributed by atoms with E-state index in [1.165, 1.54) is 12.1 Å². The third-order valence-corrected chi connectivity index (χ3v) is 3.59. The number of amides is 1. The van der Waals surface area contributed by atoms with Crippen LogP contribution in [0.5, 0.6) is 5.75 Å². The Morgan fingerprint density at radius 3 is 2.40 bits per heavy atom. The molecule has 2 N–H and O–H groups in total. The van der Waals surface area contributed by atoms with Crippen LogP contribution in [0, 0.1) is 0 Å². The lowest BCUT2D eigenvalue weighted by Crippen LogP contribution is -2.27. The average molecular weight is 348 g/mol. The van der Waals surface area contributed by atoms with Crippen LogP contribution in [-0.4, -0.2) is 21.2 Å². The van der Waals surface area contributed by atoms with Crippen LogP contribution in [-0.2, 0) is 6.18 Å². The van der Waals surface area contributed by atoms with Crippen LogP contribution in [0.2, 0.25) is 0 Å². The van der Waals surface area contributed by atoms with Crippen LogP contribution >= 0.6 is 0 Å². The van der Waals surface area contributed by atoms with Crippen molar-refractivity contribution in [2.45, 2.75) is 6.18 Å². The Labute approximate surface area is 139 Å². The highest BCUT2D eigenvalue weighted by atomic mass is 19.4. The maximum Gasteiger partial charge on any atom is 0.416 e. The lowest BCUT2D eigenvalue weighted by Gasteiger charge is -2.16. The number of fused-ring (bicyclic) bond motifs is 1. The third-order valence-electron chi connectivity index (χ3n) is 3.59. The summed E-state index contributed by atoms with van der Waals surface area (Å²) in [6.07, 6.45) is -3.60. The Balaban J connectivity index is 2.07. The number of rotatable bonds is 2. The average Bonchev–Trinajstić information content (AvgIpc) is 2.60. The highest BCUT2D eigenvalue weighted by Gasteiger charge is 2.31. The van der Waals surface area contributed by atoms with Gasteiger partial charge in [-0.1, -0.05) is 18.2 Å². The summed E-state index contributed by atoms with van der Waals surface area (Å²) in [5.74, 6) is -1.70. The minimum Gasteiger partial charge on any atom is -0.506 e. The summed E-state index contributed by atoms with van der Waals surface area (Å²) in [6.45, 7) is 0. The van der Waals surface area contributed by atoms with Gasteiger partial charge in [0, 0.05) is 11.6 Å². The molecule has 5 nitrogen and oxygen atoms in total. The molecule has 0 aliphatic rings. The van der Waals surface area contributed by atoms with Gasteiger partial charge in [-0.15, -0.1) is 0 Å². The van der Waals surface area contributed by atoms with Gasteiger partial charge in [0.2, 0.25) is 0 Å². The topological polar surface area (TPSA) is 73.7 Å². The van der Waals surface area contributed by atoms with Crippen molar-refractivity contribution in [1.82, 2.24) is 4.98 Å². The molecule has 2 aromatic carbocycles. The number of hydrogen-bond acceptors (Lipinski definition) is 4. The highest BCUT2D eigenvalue weighted by Crippen LogP contribution is 2.35. The molecule has 0 spiro atoms. The first-order valence-corrected chi connectivity index (χ1v) is 7.06. The smallest absolute Gasteiger partial charge is 0.416 e. The summed E-state index contributed by atoms with van der Waals surface area (Å²) < 4.78 is 38.5. The van der Waals surface area contributed by atoms with Gasteiger partial charge < -0.3 is 5.11 Å². The number of hydrogen-bond donors (Lipinski definition) is 2. The number of anilines is 1. The van der Waals surface area contributed by atoms with Gasteiger partial charge in [-0.3, -0.25) is 15.0 Å². The molecule has 0 atom stereocenters. The van der Waals surface area contributed by atoms with Crippen molar-refractivity contribution in [1.29, 1.82) is 0 Å². The van der Waals surface area contributed by atoms with Crippen molar-refractivity contribution < 1.29 is 28.3 Å². The summed E-state index contributed by atoms with van der Waals surface area (Å²) in [5.41, 5.74) is -1.17. The molecule has 0 bridgehead atoms. The molecule has 128 valence electrons. The van der Waals surface area contributed by atoms with Gasteiger partial charge in [0.15, 0.2) is 0 Å². The zero-order valence-corrected chi connectivity index (χ0v) is 12.5. The minimum absolute atomic E-state index is 0.0891. The van der Waals surface area contributed by atoms with E-state index in [0.29, 0.717) is 6.07 Å². The van der Waals surface area contributed by atoms with Gasteiger partial charge in [0.25, 0.3) is 5.91 Å². The molecule has 0 unspecified atom stereocenters. The molecular weight excluding hydrogens is 337 g/mol. The molecule has 0 aliphatic heterocycles. The van der Waals surface area contributed by atoms with E-state index < -0.39 is 29.0 Å². The van der Waals surface area contributed by atoms with Crippen molar-refractivity contribution in [2.24, 2.45) is 0 Å². The molecule has 1 amide bonds. The number of pyridine rings is 1. The van der Waals surface area contributed by atoms with Crippen molar-refractivity contribution >= 4 is 22.5 Å². The zero-order chi connectivity index (χ0) is 18.2. The van der Waals surface area contributed by atoms with Gasteiger partial charge in [-0.2, -0.15) is 18.2 Å². The van der Waals surface area contributed by atoms with Crippen LogP contribution in [0.3, 0.4) is 0 Å². The number of benzene rings is 2. The maximum absolute atomic E-state index is 12.8. The number of carbonyl (C=O) groups is 1. The second-order valence-electron chi connectivity index (χ2n) is 5.20. The molecule has 0 aliphatic carbocycles. The molecule has 0 saturated carbocycles. The molecule has 0 radical (unpaired) electrons. The fraction of sp³-hybridized carbons (Fsp3) is 0.0588. The number of alkyl halides is 3. The van der Waals surface area contributed by atoms with Gasteiger partial charge in [0.05, 0.1) is 16.8 Å². The van der Waals surface area contributed by atoms with Gasteiger partial charge in [0.1, 0.15) is 11.3 Å². The van der Waals surface area contributed by atoms with Crippen molar-refractivity contribution in [2.75, 3.05) is 5.06 Å². The van der Waals surface area contributed by atoms with E-state index in [4.69, 9.17) is 0 Å². The molecule has 1 heterocycles. The molecule has 1 aromatic heterocycles. The number of halogens is 3.